The highest BCUT2D eigenvalue weighted by Gasteiger charge is 2.10. The van der Waals surface area contributed by atoms with Crippen molar-refractivity contribution in [2.24, 2.45) is 0 Å². The summed E-state index contributed by atoms with van der Waals surface area (Å²) in [5.74, 6) is -1.04. The number of carboxylic acids is 1. The molecule has 1 amide bonds. The number of hydrogen-bond acceptors (Lipinski definition) is 6. The summed E-state index contributed by atoms with van der Waals surface area (Å²) in [6.07, 6.45) is 2.77. The highest BCUT2D eigenvalue weighted by molar-refractivity contribution is 7.14. The molecule has 0 aromatic carbocycles. The lowest BCUT2D eigenvalue weighted by molar-refractivity contribution is -0.137. The van der Waals surface area contributed by atoms with Crippen LogP contribution in [0.5, 0.6) is 0 Å². The van der Waals surface area contributed by atoms with E-state index in [1.807, 2.05) is 5.38 Å². The quantitative estimate of drug-likeness (QED) is 0.853. The van der Waals surface area contributed by atoms with Gasteiger partial charge in [-0.05, 0) is 12.8 Å². The number of aromatic nitrogens is 2. The molecular weight excluding hydrogens is 286 g/mol. The third kappa shape index (κ3) is 4.11. The molecule has 0 aliphatic heterocycles. The Morgan fingerprint density at radius 3 is 2.89 bits per heavy atom. The molecule has 2 heterocycles. The molecule has 0 bridgehead atoms. The predicted molar refractivity (Wildman–Crippen MR) is 72.8 cm³/mol. The summed E-state index contributed by atoms with van der Waals surface area (Å²) in [6, 6.07) is 0. The summed E-state index contributed by atoms with van der Waals surface area (Å²) in [5.41, 5.74) is 2.39. The fourth-order valence-corrected chi connectivity index (χ4v) is 2.64. The second-order valence-corrected chi connectivity index (χ2v) is 5.46. The first kappa shape index (κ1) is 13.6. The van der Waals surface area contributed by atoms with Crippen LogP contribution in [-0.2, 0) is 11.2 Å². The Labute approximate surface area is 117 Å². The van der Waals surface area contributed by atoms with Gasteiger partial charge in [-0.15, -0.1) is 22.7 Å². The van der Waals surface area contributed by atoms with E-state index in [0.29, 0.717) is 22.9 Å². The third-order valence-electron chi connectivity index (χ3n) is 2.25. The number of hydrogen-bond donors (Lipinski definition) is 2. The second-order valence-electron chi connectivity index (χ2n) is 3.71. The molecule has 0 atom stereocenters. The van der Waals surface area contributed by atoms with Crippen molar-refractivity contribution in [2.45, 2.75) is 19.3 Å². The first-order valence-corrected chi connectivity index (χ1v) is 7.27. The van der Waals surface area contributed by atoms with Crippen LogP contribution in [0.2, 0.25) is 0 Å². The first-order valence-electron chi connectivity index (χ1n) is 5.51. The maximum absolute atomic E-state index is 11.7. The largest absolute Gasteiger partial charge is 0.481 e. The van der Waals surface area contributed by atoms with Crippen LogP contribution in [0, 0.1) is 0 Å². The minimum Gasteiger partial charge on any atom is -0.481 e. The molecule has 0 saturated heterocycles. The van der Waals surface area contributed by atoms with E-state index < -0.39 is 5.97 Å². The lowest BCUT2D eigenvalue weighted by Crippen LogP contribution is -2.09. The number of amides is 1. The van der Waals surface area contributed by atoms with Crippen LogP contribution in [0.3, 0.4) is 0 Å². The maximum Gasteiger partial charge on any atom is 0.303 e. The zero-order valence-electron chi connectivity index (χ0n) is 9.83. The van der Waals surface area contributed by atoms with Crippen LogP contribution >= 0.6 is 22.7 Å². The summed E-state index contributed by atoms with van der Waals surface area (Å²) >= 11 is 2.59. The molecular formula is C11H11N3O3S2. The van der Waals surface area contributed by atoms with Crippen molar-refractivity contribution in [3.63, 3.8) is 0 Å². The lowest BCUT2D eigenvalue weighted by Gasteiger charge is -1.97. The topological polar surface area (TPSA) is 92.2 Å². The Balaban J connectivity index is 1.87. The lowest BCUT2D eigenvalue weighted by atomic mass is 10.2. The van der Waals surface area contributed by atoms with Gasteiger partial charge >= 0.3 is 5.97 Å². The van der Waals surface area contributed by atoms with Gasteiger partial charge in [-0.25, -0.2) is 4.98 Å². The number of rotatable bonds is 6. The summed E-state index contributed by atoms with van der Waals surface area (Å²) < 4.78 is 0. The van der Waals surface area contributed by atoms with Crippen molar-refractivity contribution in [3.8, 4) is 0 Å². The standard InChI is InChI=1S/C11H11N3O3S2/c15-9(16)3-1-2-7-5-18-11(13-7)14-10(17)8-4-12-6-19-8/h4-6H,1-3H2,(H,15,16)(H,13,14,17). The number of carbonyl (C=O) groups excluding carboxylic acids is 1. The van der Waals surface area contributed by atoms with Gasteiger partial charge < -0.3 is 5.11 Å². The van der Waals surface area contributed by atoms with E-state index in [0.717, 1.165) is 5.69 Å². The van der Waals surface area contributed by atoms with Crippen LogP contribution in [0.1, 0.15) is 28.2 Å². The molecule has 8 heteroatoms. The number of nitrogens with zero attached hydrogens (tertiary/aromatic N) is 2. The Bertz CT molecular complexity index is 566. The van der Waals surface area contributed by atoms with Gasteiger partial charge in [0.2, 0.25) is 0 Å². The molecule has 0 radical (unpaired) electrons. The molecule has 2 aromatic heterocycles. The Morgan fingerprint density at radius 1 is 1.37 bits per heavy atom. The molecule has 0 saturated carbocycles. The Kier molecular flexibility index (Phi) is 4.58. The molecule has 2 rings (SSSR count). The van der Waals surface area contributed by atoms with Crippen molar-refractivity contribution in [3.05, 3.63) is 27.7 Å². The van der Waals surface area contributed by atoms with E-state index in [-0.39, 0.29) is 12.3 Å². The average Bonchev–Trinajstić information content (AvgIpc) is 2.99. The minimum absolute atomic E-state index is 0.125. The van der Waals surface area contributed by atoms with E-state index >= 15 is 0 Å². The fourth-order valence-electron chi connectivity index (χ4n) is 1.39. The summed E-state index contributed by atoms with van der Waals surface area (Å²) in [4.78, 5) is 30.7. The number of aliphatic carboxylic acids is 1. The van der Waals surface area contributed by atoms with Gasteiger partial charge in [-0.2, -0.15) is 0 Å². The average molecular weight is 297 g/mol. The second kappa shape index (κ2) is 6.39. The number of aryl methyl sites for hydroxylation is 1. The number of carboxylic acid groups (broad SMARTS) is 1. The van der Waals surface area contributed by atoms with E-state index in [2.05, 4.69) is 15.3 Å². The van der Waals surface area contributed by atoms with Crippen LogP contribution in [0.25, 0.3) is 0 Å². The van der Waals surface area contributed by atoms with E-state index in [1.54, 1.807) is 5.51 Å². The third-order valence-corrected chi connectivity index (χ3v) is 3.83. The number of nitrogens with one attached hydrogen (secondary N) is 1. The molecule has 0 aliphatic rings. The van der Waals surface area contributed by atoms with E-state index in [1.165, 1.54) is 28.9 Å². The zero-order chi connectivity index (χ0) is 13.7. The van der Waals surface area contributed by atoms with Crippen LogP contribution in [0.4, 0.5) is 5.13 Å². The number of thiazole rings is 2. The van der Waals surface area contributed by atoms with Gasteiger partial charge in [0.05, 0.1) is 17.4 Å². The van der Waals surface area contributed by atoms with Crippen molar-refractivity contribution in [2.75, 3.05) is 5.32 Å². The van der Waals surface area contributed by atoms with E-state index in [4.69, 9.17) is 5.11 Å². The van der Waals surface area contributed by atoms with Gasteiger partial charge in [0, 0.05) is 11.8 Å². The Morgan fingerprint density at radius 2 is 2.21 bits per heavy atom. The zero-order valence-corrected chi connectivity index (χ0v) is 11.5. The maximum atomic E-state index is 11.7. The van der Waals surface area contributed by atoms with Crippen molar-refractivity contribution in [1.29, 1.82) is 0 Å². The van der Waals surface area contributed by atoms with Gasteiger partial charge in [0.25, 0.3) is 5.91 Å². The molecule has 100 valence electrons. The summed E-state index contributed by atoms with van der Waals surface area (Å²) in [6.45, 7) is 0. The summed E-state index contributed by atoms with van der Waals surface area (Å²) in [5, 5.41) is 13.6. The van der Waals surface area contributed by atoms with Crippen LogP contribution in [-0.4, -0.2) is 27.0 Å². The molecule has 0 unspecified atom stereocenters. The SMILES string of the molecule is O=C(O)CCCc1csc(NC(=O)c2cncs2)n1. The molecule has 0 fully saturated rings. The molecule has 6 nitrogen and oxygen atoms in total. The minimum atomic E-state index is -0.811. The van der Waals surface area contributed by atoms with Crippen LogP contribution in [0.15, 0.2) is 17.1 Å². The smallest absolute Gasteiger partial charge is 0.303 e. The fraction of sp³-hybridized carbons (Fsp3) is 0.273. The summed E-state index contributed by atoms with van der Waals surface area (Å²) in [7, 11) is 0. The first-order chi connectivity index (χ1) is 9.15. The molecule has 19 heavy (non-hydrogen) atoms. The normalized spacial score (nSPS) is 10.3. The van der Waals surface area contributed by atoms with Crippen molar-refractivity contribution >= 4 is 39.7 Å². The van der Waals surface area contributed by atoms with Gasteiger partial charge in [0.15, 0.2) is 5.13 Å². The number of anilines is 1. The van der Waals surface area contributed by atoms with E-state index in [9.17, 15) is 9.59 Å². The van der Waals surface area contributed by atoms with Crippen LogP contribution < -0.4 is 5.32 Å². The molecule has 0 aliphatic carbocycles. The highest BCUT2D eigenvalue weighted by Crippen LogP contribution is 2.18. The van der Waals surface area contributed by atoms with Gasteiger partial charge in [0.1, 0.15) is 4.88 Å². The number of carbonyl (C=O) groups is 2. The van der Waals surface area contributed by atoms with Gasteiger partial charge in [-0.3, -0.25) is 19.9 Å². The molecule has 2 N–H and O–H groups in total. The van der Waals surface area contributed by atoms with Crippen molar-refractivity contribution in [1.82, 2.24) is 9.97 Å². The molecule has 2 aromatic rings. The Hall–Kier alpha value is -1.80. The molecule has 0 spiro atoms. The van der Waals surface area contributed by atoms with Crippen molar-refractivity contribution < 1.29 is 14.7 Å². The van der Waals surface area contributed by atoms with Gasteiger partial charge in [-0.1, -0.05) is 0 Å². The predicted octanol–water partition coefficient (Wildman–Crippen LogP) is 2.26. The highest BCUT2D eigenvalue weighted by atomic mass is 32.1. The monoisotopic (exact) mass is 297 g/mol.